The molecule has 0 saturated carbocycles. The van der Waals surface area contributed by atoms with Crippen LogP contribution in [0.15, 0.2) is 12.2 Å². The van der Waals surface area contributed by atoms with Crippen LogP contribution in [0, 0.1) is 0 Å². The largest absolute Gasteiger partial charge is 0.462 e. The number of hydrogen-bond acceptors (Lipinski definition) is 5. The van der Waals surface area contributed by atoms with Gasteiger partial charge in [0.1, 0.15) is 5.22 Å². The first-order chi connectivity index (χ1) is 12.4. The van der Waals surface area contributed by atoms with E-state index >= 15 is 0 Å². The molecule has 0 radical (unpaired) electrons. The van der Waals surface area contributed by atoms with E-state index in [0.29, 0.717) is 12.2 Å². The Balaban J connectivity index is 0.000000590. The molecule has 0 spiro atoms. The molecule has 1 aliphatic heterocycles. The highest BCUT2D eigenvalue weighted by Crippen LogP contribution is 2.42. The molecule has 154 valence electrons. The molecule has 1 unspecified atom stereocenters. The lowest BCUT2D eigenvalue weighted by Crippen LogP contribution is -2.65. The highest BCUT2D eigenvalue weighted by Gasteiger charge is 2.58. The number of ether oxygens (including phenoxy) is 2. The molecule has 1 rings (SSSR count). The van der Waals surface area contributed by atoms with Crippen molar-refractivity contribution in [3.63, 3.8) is 0 Å². The average molecular weight is 389 g/mol. The SMILES string of the molecule is C=C(C)C(=O)OCCC.CCOC1(CC)CCCC[Si]1(OCC)OCC. The molecule has 1 saturated heterocycles. The molecule has 1 fully saturated rings. The average Bonchev–Trinajstić information content (AvgIpc) is 2.62. The summed E-state index contributed by atoms with van der Waals surface area (Å²) >= 11 is 0. The summed E-state index contributed by atoms with van der Waals surface area (Å²) in [5.74, 6) is -0.295. The number of esters is 1. The lowest BCUT2D eigenvalue weighted by atomic mass is 10.1. The van der Waals surface area contributed by atoms with Crippen LogP contribution in [0.25, 0.3) is 0 Å². The Kier molecular flexibility index (Phi) is 13.1. The Hall–Kier alpha value is -0.693. The minimum atomic E-state index is -2.21. The van der Waals surface area contributed by atoms with Gasteiger partial charge < -0.3 is 18.3 Å². The zero-order valence-corrected chi connectivity index (χ0v) is 18.8. The van der Waals surface area contributed by atoms with Gasteiger partial charge in [-0.15, -0.1) is 0 Å². The summed E-state index contributed by atoms with van der Waals surface area (Å²) in [6.45, 7) is 18.1. The molecule has 1 atom stereocenters. The predicted molar refractivity (Wildman–Crippen MR) is 108 cm³/mol. The van der Waals surface area contributed by atoms with Crippen LogP contribution >= 0.6 is 0 Å². The number of rotatable bonds is 10. The second kappa shape index (κ2) is 13.5. The Morgan fingerprint density at radius 1 is 1.04 bits per heavy atom. The fourth-order valence-corrected chi connectivity index (χ4v) is 7.89. The Bertz CT molecular complexity index is 397. The Morgan fingerprint density at radius 3 is 2.08 bits per heavy atom. The predicted octanol–water partition coefficient (Wildman–Crippen LogP) is 4.93. The van der Waals surface area contributed by atoms with E-state index in [0.717, 1.165) is 45.1 Å². The monoisotopic (exact) mass is 388 g/mol. The van der Waals surface area contributed by atoms with E-state index in [1.807, 2.05) is 6.92 Å². The maximum atomic E-state index is 10.6. The standard InChI is InChI=1S/C13H28O3Si.C7H12O2/c1-5-13(14-6-2)11-9-10-12-17(13,15-7-3)16-8-4;1-4-5-9-7(8)6(2)3/h5-12H2,1-4H3;2,4-5H2,1,3H3. The highest BCUT2D eigenvalue weighted by atomic mass is 28.4. The third kappa shape index (κ3) is 7.14. The van der Waals surface area contributed by atoms with E-state index in [2.05, 4.69) is 34.3 Å². The Labute approximate surface area is 161 Å². The van der Waals surface area contributed by atoms with Gasteiger partial charge in [0.25, 0.3) is 0 Å². The van der Waals surface area contributed by atoms with Crippen LogP contribution in [0.5, 0.6) is 0 Å². The molecule has 0 bridgehead atoms. The lowest BCUT2D eigenvalue weighted by Gasteiger charge is -2.49. The maximum Gasteiger partial charge on any atom is 0.371 e. The quantitative estimate of drug-likeness (QED) is 0.302. The fraction of sp³-hybridized carbons (Fsp3) is 0.850. The minimum Gasteiger partial charge on any atom is -0.462 e. The zero-order chi connectivity index (χ0) is 20.1. The third-order valence-corrected chi connectivity index (χ3v) is 9.22. The van der Waals surface area contributed by atoms with Gasteiger partial charge in [0, 0.05) is 25.4 Å². The summed E-state index contributed by atoms with van der Waals surface area (Å²) in [6.07, 6.45) is 5.43. The van der Waals surface area contributed by atoms with Gasteiger partial charge in [0.15, 0.2) is 0 Å². The molecule has 0 aliphatic carbocycles. The van der Waals surface area contributed by atoms with Crippen LogP contribution in [0.1, 0.15) is 73.6 Å². The van der Waals surface area contributed by atoms with Crippen molar-refractivity contribution in [3.05, 3.63) is 12.2 Å². The molecule has 1 aliphatic rings. The number of carbonyl (C=O) groups excluding carboxylic acids is 1. The molecular formula is C20H40O5Si. The van der Waals surface area contributed by atoms with E-state index < -0.39 is 8.56 Å². The van der Waals surface area contributed by atoms with Gasteiger partial charge >= 0.3 is 14.5 Å². The normalized spacial score (nSPS) is 21.5. The highest BCUT2D eigenvalue weighted by molar-refractivity contribution is 6.70. The van der Waals surface area contributed by atoms with E-state index in [-0.39, 0.29) is 11.2 Å². The molecule has 0 aromatic heterocycles. The zero-order valence-electron chi connectivity index (χ0n) is 17.8. The van der Waals surface area contributed by atoms with Crippen LogP contribution in [0.2, 0.25) is 6.04 Å². The van der Waals surface area contributed by atoms with Gasteiger partial charge in [-0.1, -0.05) is 33.3 Å². The van der Waals surface area contributed by atoms with Gasteiger partial charge in [-0.2, -0.15) is 0 Å². The molecule has 0 aromatic rings. The topological polar surface area (TPSA) is 54.0 Å². The first kappa shape index (κ1) is 25.3. The summed E-state index contributed by atoms with van der Waals surface area (Å²) in [5.41, 5.74) is 0.462. The molecule has 1 heterocycles. The van der Waals surface area contributed by atoms with E-state index in [1.165, 1.54) is 12.8 Å². The van der Waals surface area contributed by atoms with Crippen molar-refractivity contribution in [2.75, 3.05) is 26.4 Å². The first-order valence-electron chi connectivity index (χ1n) is 10.1. The van der Waals surface area contributed by atoms with Gasteiger partial charge in [-0.05, 0) is 53.0 Å². The van der Waals surface area contributed by atoms with E-state index in [4.69, 9.17) is 18.3 Å². The van der Waals surface area contributed by atoms with Gasteiger partial charge in [-0.3, -0.25) is 0 Å². The number of hydrogen-bond donors (Lipinski definition) is 0. The second-order valence-corrected chi connectivity index (χ2v) is 10.0. The molecule has 0 aromatic carbocycles. The summed E-state index contributed by atoms with van der Waals surface area (Å²) in [4.78, 5) is 10.6. The van der Waals surface area contributed by atoms with E-state index in [1.54, 1.807) is 6.92 Å². The first-order valence-corrected chi connectivity index (χ1v) is 12.1. The van der Waals surface area contributed by atoms with Crippen molar-refractivity contribution in [1.82, 2.24) is 0 Å². The van der Waals surface area contributed by atoms with Crippen LogP contribution in [0.4, 0.5) is 0 Å². The third-order valence-electron chi connectivity index (χ3n) is 4.56. The summed E-state index contributed by atoms with van der Waals surface area (Å²) in [7, 11) is -2.21. The summed E-state index contributed by atoms with van der Waals surface area (Å²) < 4.78 is 23.2. The second-order valence-electron chi connectivity index (χ2n) is 6.52. The van der Waals surface area contributed by atoms with Crippen LogP contribution in [-0.2, 0) is 23.1 Å². The minimum absolute atomic E-state index is 0.119. The van der Waals surface area contributed by atoms with Crippen molar-refractivity contribution in [3.8, 4) is 0 Å². The van der Waals surface area contributed by atoms with Crippen molar-refractivity contribution < 1.29 is 23.1 Å². The molecule has 0 amide bonds. The van der Waals surface area contributed by atoms with Crippen LogP contribution < -0.4 is 0 Å². The van der Waals surface area contributed by atoms with Crippen molar-refractivity contribution >= 4 is 14.5 Å². The van der Waals surface area contributed by atoms with Crippen LogP contribution in [0.3, 0.4) is 0 Å². The molecule has 0 N–H and O–H groups in total. The Morgan fingerprint density at radius 2 is 1.65 bits per heavy atom. The van der Waals surface area contributed by atoms with Gasteiger partial charge in [0.05, 0.1) is 6.61 Å². The molecule has 5 nitrogen and oxygen atoms in total. The molecule has 26 heavy (non-hydrogen) atoms. The number of carbonyl (C=O) groups is 1. The van der Waals surface area contributed by atoms with Gasteiger partial charge in [0.2, 0.25) is 0 Å². The van der Waals surface area contributed by atoms with Crippen molar-refractivity contribution in [2.24, 2.45) is 0 Å². The van der Waals surface area contributed by atoms with Crippen molar-refractivity contribution in [2.45, 2.75) is 84.9 Å². The van der Waals surface area contributed by atoms with Gasteiger partial charge in [-0.25, -0.2) is 4.79 Å². The molecule has 6 heteroatoms. The smallest absolute Gasteiger partial charge is 0.371 e. The van der Waals surface area contributed by atoms with Crippen LogP contribution in [-0.4, -0.2) is 46.2 Å². The fourth-order valence-electron chi connectivity index (χ4n) is 3.43. The van der Waals surface area contributed by atoms with Crippen molar-refractivity contribution in [1.29, 1.82) is 0 Å². The van der Waals surface area contributed by atoms with E-state index in [9.17, 15) is 4.79 Å². The lowest BCUT2D eigenvalue weighted by molar-refractivity contribution is -0.138. The molecular weight excluding hydrogens is 348 g/mol. The maximum absolute atomic E-state index is 10.6. The summed E-state index contributed by atoms with van der Waals surface area (Å²) in [6, 6.07) is 1.09. The summed E-state index contributed by atoms with van der Waals surface area (Å²) in [5, 5.41) is -0.119.